The first-order chi connectivity index (χ1) is 13.9. The fourth-order valence-corrected chi connectivity index (χ4v) is 2.90. The number of urea groups is 1. The smallest absolute Gasteiger partial charge is 0.321 e. The molecule has 0 saturated heterocycles. The first-order valence-electron chi connectivity index (χ1n) is 9.76. The molecule has 0 aromatic heterocycles. The van der Waals surface area contributed by atoms with Crippen molar-refractivity contribution in [3.63, 3.8) is 0 Å². The van der Waals surface area contributed by atoms with Gasteiger partial charge in [0.2, 0.25) is 5.91 Å². The average Bonchev–Trinajstić information content (AvgIpc) is 3.19. The van der Waals surface area contributed by atoms with Crippen LogP contribution in [-0.2, 0) is 19.1 Å². The third kappa shape index (κ3) is 8.59. The van der Waals surface area contributed by atoms with Crippen molar-refractivity contribution >= 4 is 29.9 Å². The van der Waals surface area contributed by atoms with E-state index in [1.54, 1.807) is 6.08 Å². The number of rotatable bonds is 8. The Morgan fingerprint density at radius 3 is 2.52 bits per heavy atom. The van der Waals surface area contributed by atoms with E-state index in [9.17, 15) is 19.2 Å². The number of ether oxygens (including phenoxy) is 1. The minimum absolute atomic E-state index is 0.0767. The molecule has 156 valence electrons. The molecule has 0 heterocycles. The van der Waals surface area contributed by atoms with Crippen molar-refractivity contribution in [1.82, 2.24) is 16.0 Å². The number of nitrogens with one attached hydrogen (secondary N) is 3. The zero-order valence-electron chi connectivity index (χ0n) is 16.5. The molecule has 1 atom stereocenters. The van der Waals surface area contributed by atoms with Gasteiger partial charge in [-0.25, -0.2) is 4.79 Å². The van der Waals surface area contributed by atoms with Crippen molar-refractivity contribution in [2.24, 2.45) is 0 Å². The summed E-state index contributed by atoms with van der Waals surface area (Å²) in [6, 6.07) is 8.84. The van der Waals surface area contributed by atoms with Crippen molar-refractivity contribution in [3.05, 3.63) is 42.0 Å². The van der Waals surface area contributed by atoms with E-state index in [0.29, 0.717) is 0 Å². The molecule has 0 bridgehead atoms. The normalized spacial score (nSPS) is 14.9. The number of carbonyl (C=O) groups is 4. The van der Waals surface area contributed by atoms with Crippen LogP contribution in [0.1, 0.15) is 44.6 Å². The van der Waals surface area contributed by atoms with E-state index >= 15 is 0 Å². The van der Waals surface area contributed by atoms with Gasteiger partial charge in [0, 0.05) is 18.7 Å². The van der Waals surface area contributed by atoms with E-state index in [1.807, 2.05) is 30.3 Å². The van der Waals surface area contributed by atoms with E-state index in [2.05, 4.69) is 16.0 Å². The fraction of sp³-hybridized carbons (Fsp3) is 0.429. The SMILES string of the molecule is C[C@@H](OC(=O)CCNC(=O)/C=C/c1ccccc1)C(=O)NC(=O)NC1CCCC1. The van der Waals surface area contributed by atoms with Crippen molar-refractivity contribution in [3.8, 4) is 0 Å². The Morgan fingerprint density at radius 2 is 1.83 bits per heavy atom. The van der Waals surface area contributed by atoms with Gasteiger partial charge >= 0.3 is 12.0 Å². The van der Waals surface area contributed by atoms with Crippen LogP contribution in [0.5, 0.6) is 0 Å². The Kier molecular flexibility index (Phi) is 8.88. The highest BCUT2D eigenvalue weighted by molar-refractivity contribution is 5.97. The lowest BCUT2D eigenvalue weighted by atomic mass is 10.2. The Bertz CT molecular complexity index is 742. The molecule has 3 N–H and O–H groups in total. The second-order valence-corrected chi connectivity index (χ2v) is 6.86. The van der Waals surface area contributed by atoms with Crippen LogP contribution >= 0.6 is 0 Å². The van der Waals surface area contributed by atoms with Crippen molar-refractivity contribution < 1.29 is 23.9 Å². The van der Waals surface area contributed by atoms with Gasteiger partial charge in [0.15, 0.2) is 6.10 Å². The summed E-state index contributed by atoms with van der Waals surface area (Å²) in [6.07, 6.45) is 5.77. The summed E-state index contributed by atoms with van der Waals surface area (Å²) < 4.78 is 4.99. The molecule has 8 heteroatoms. The van der Waals surface area contributed by atoms with Gasteiger partial charge in [-0.3, -0.25) is 19.7 Å². The molecule has 29 heavy (non-hydrogen) atoms. The fourth-order valence-electron chi connectivity index (χ4n) is 2.90. The molecular formula is C21H27N3O5. The van der Waals surface area contributed by atoms with E-state index in [1.165, 1.54) is 13.0 Å². The van der Waals surface area contributed by atoms with E-state index < -0.39 is 24.0 Å². The minimum atomic E-state index is -1.11. The van der Waals surface area contributed by atoms with Crippen LogP contribution in [0.3, 0.4) is 0 Å². The molecule has 1 aromatic rings. The summed E-state index contributed by atoms with van der Waals surface area (Å²) in [5, 5.41) is 7.46. The summed E-state index contributed by atoms with van der Waals surface area (Å²) >= 11 is 0. The third-order valence-electron chi connectivity index (χ3n) is 4.46. The lowest BCUT2D eigenvalue weighted by Gasteiger charge is -2.15. The zero-order chi connectivity index (χ0) is 21.1. The molecule has 8 nitrogen and oxygen atoms in total. The molecule has 0 spiro atoms. The molecule has 1 aliphatic carbocycles. The first kappa shape index (κ1) is 22.1. The predicted octanol–water partition coefficient (Wildman–Crippen LogP) is 1.91. The Hall–Kier alpha value is -3.16. The molecule has 1 aliphatic rings. The van der Waals surface area contributed by atoms with E-state index in [0.717, 1.165) is 31.2 Å². The van der Waals surface area contributed by atoms with Gasteiger partial charge in [-0.05, 0) is 31.4 Å². The van der Waals surface area contributed by atoms with Gasteiger partial charge in [0.05, 0.1) is 6.42 Å². The molecule has 0 unspecified atom stereocenters. The van der Waals surface area contributed by atoms with Gasteiger partial charge < -0.3 is 15.4 Å². The van der Waals surface area contributed by atoms with Crippen LogP contribution in [0.25, 0.3) is 6.08 Å². The molecule has 0 radical (unpaired) electrons. The molecule has 0 aliphatic heterocycles. The number of esters is 1. The molecule has 1 fully saturated rings. The van der Waals surface area contributed by atoms with Gasteiger partial charge in [0.25, 0.3) is 5.91 Å². The standard InChI is InChI=1S/C21H27N3O5/c1-15(20(27)24-21(28)23-17-9-5-6-10-17)29-19(26)13-14-22-18(25)12-11-16-7-3-2-4-8-16/h2-4,7-8,11-12,15,17H,5-6,9-10,13-14H2,1H3,(H,22,25)(H2,23,24,27,28)/b12-11+/t15-/m1/s1. The maximum atomic E-state index is 11.9. The molecule has 2 rings (SSSR count). The highest BCUT2D eigenvalue weighted by Crippen LogP contribution is 2.17. The van der Waals surface area contributed by atoms with Crippen LogP contribution < -0.4 is 16.0 Å². The van der Waals surface area contributed by atoms with E-state index in [4.69, 9.17) is 4.74 Å². The summed E-state index contributed by atoms with van der Waals surface area (Å²) in [7, 11) is 0. The molecule has 4 amide bonds. The van der Waals surface area contributed by atoms with Crippen molar-refractivity contribution in [2.45, 2.75) is 51.2 Å². The van der Waals surface area contributed by atoms with Crippen LogP contribution in [0.2, 0.25) is 0 Å². The number of hydrogen-bond donors (Lipinski definition) is 3. The molecule has 1 saturated carbocycles. The summed E-state index contributed by atoms with van der Waals surface area (Å²) in [6.45, 7) is 1.46. The number of carbonyl (C=O) groups excluding carboxylic acids is 4. The Morgan fingerprint density at radius 1 is 1.14 bits per heavy atom. The Balaban J connectivity index is 1.62. The predicted molar refractivity (Wildman–Crippen MR) is 108 cm³/mol. The number of benzene rings is 1. The van der Waals surface area contributed by atoms with Crippen LogP contribution in [0.4, 0.5) is 4.79 Å². The maximum Gasteiger partial charge on any atom is 0.321 e. The summed E-state index contributed by atoms with van der Waals surface area (Å²) in [5.41, 5.74) is 0.888. The monoisotopic (exact) mass is 401 g/mol. The average molecular weight is 401 g/mol. The minimum Gasteiger partial charge on any atom is -0.452 e. The van der Waals surface area contributed by atoms with Gasteiger partial charge in [0.1, 0.15) is 0 Å². The zero-order valence-corrected chi connectivity index (χ0v) is 16.5. The van der Waals surface area contributed by atoms with Crippen LogP contribution in [-0.4, -0.2) is 42.5 Å². The van der Waals surface area contributed by atoms with Crippen molar-refractivity contribution in [1.29, 1.82) is 0 Å². The highest BCUT2D eigenvalue weighted by atomic mass is 16.5. The van der Waals surface area contributed by atoms with Gasteiger partial charge in [-0.1, -0.05) is 43.2 Å². The summed E-state index contributed by atoms with van der Waals surface area (Å²) in [5.74, 6) is -1.67. The lowest BCUT2D eigenvalue weighted by Crippen LogP contribution is -2.47. The molecular weight excluding hydrogens is 374 g/mol. The number of hydrogen-bond acceptors (Lipinski definition) is 5. The first-order valence-corrected chi connectivity index (χ1v) is 9.76. The number of amides is 4. The largest absolute Gasteiger partial charge is 0.452 e. The van der Waals surface area contributed by atoms with Crippen LogP contribution in [0.15, 0.2) is 36.4 Å². The van der Waals surface area contributed by atoms with Gasteiger partial charge in [-0.2, -0.15) is 0 Å². The van der Waals surface area contributed by atoms with E-state index in [-0.39, 0.29) is 24.9 Å². The lowest BCUT2D eigenvalue weighted by molar-refractivity contribution is -0.154. The third-order valence-corrected chi connectivity index (χ3v) is 4.46. The topological polar surface area (TPSA) is 114 Å². The highest BCUT2D eigenvalue weighted by Gasteiger charge is 2.22. The quantitative estimate of drug-likeness (QED) is 0.455. The van der Waals surface area contributed by atoms with Crippen LogP contribution in [0, 0.1) is 0 Å². The summed E-state index contributed by atoms with van der Waals surface area (Å²) in [4.78, 5) is 47.3. The maximum absolute atomic E-state index is 11.9. The second kappa shape index (κ2) is 11.6. The number of imide groups is 1. The molecule has 1 aromatic carbocycles. The van der Waals surface area contributed by atoms with Crippen molar-refractivity contribution in [2.75, 3.05) is 6.54 Å². The Labute approximate surface area is 170 Å². The van der Waals surface area contributed by atoms with Gasteiger partial charge in [-0.15, -0.1) is 0 Å². The second-order valence-electron chi connectivity index (χ2n) is 6.86.